The maximum atomic E-state index is 12.3. The molecule has 124 valence electrons. The fraction of sp³-hybridized carbons (Fsp3) is 0.176. The summed E-state index contributed by atoms with van der Waals surface area (Å²) in [5, 5.41) is 6.27. The van der Waals surface area contributed by atoms with Gasteiger partial charge in [0.25, 0.3) is 0 Å². The van der Waals surface area contributed by atoms with Crippen LogP contribution in [-0.4, -0.2) is 30.0 Å². The fourth-order valence-corrected chi connectivity index (χ4v) is 3.37. The normalized spacial score (nSPS) is 10.8. The van der Waals surface area contributed by atoms with Crippen molar-refractivity contribution in [3.63, 3.8) is 0 Å². The Balaban J connectivity index is 2.36. The van der Waals surface area contributed by atoms with Crippen molar-refractivity contribution in [2.45, 2.75) is 5.33 Å². The van der Waals surface area contributed by atoms with Crippen molar-refractivity contribution in [2.24, 2.45) is 0 Å². The molecular formula is C17H14Br2N2O3. The lowest BCUT2D eigenvalue weighted by molar-refractivity contribution is 0.0597. The predicted molar refractivity (Wildman–Crippen MR) is 99.3 cm³/mol. The van der Waals surface area contributed by atoms with Gasteiger partial charge in [-0.15, -0.1) is 0 Å². The Morgan fingerprint density at radius 2 is 2.04 bits per heavy atom. The van der Waals surface area contributed by atoms with Crippen molar-refractivity contribution < 1.29 is 14.3 Å². The van der Waals surface area contributed by atoms with Crippen molar-refractivity contribution in [2.75, 3.05) is 14.2 Å². The number of alkyl halides is 1. The van der Waals surface area contributed by atoms with Gasteiger partial charge in [0.2, 0.25) is 0 Å². The second-order valence-electron chi connectivity index (χ2n) is 5.00. The summed E-state index contributed by atoms with van der Waals surface area (Å²) < 4.78 is 12.9. The molecule has 0 radical (unpaired) electrons. The van der Waals surface area contributed by atoms with Crippen LogP contribution < -0.4 is 4.74 Å². The van der Waals surface area contributed by atoms with E-state index in [0.29, 0.717) is 22.3 Å². The number of carbonyl (C=O) groups excluding carboxylic acids is 1. The van der Waals surface area contributed by atoms with Gasteiger partial charge in [0.1, 0.15) is 11.3 Å². The summed E-state index contributed by atoms with van der Waals surface area (Å²) >= 11 is 6.96. The number of halogens is 2. The van der Waals surface area contributed by atoms with E-state index < -0.39 is 5.97 Å². The highest BCUT2D eigenvalue weighted by molar-refractivity contribution is 9.10. The van der Waals surface area contributed by atoms with Crippen LogP contribution in [0.25, 0.3) is 16.6 Å². The number of nitrogens with zero attached hydrogens (tertiary/aromatic N) is 2. The summed E-state index contributed by atoms with van der Waals surface area (Å²) in [6.45, 7) is 0. The Kier molecular flexibility index (Phi) is 4.91. The van der Waals surface area contributed by atoms with E-state index in [1.807, 2.05) is 30.3 Å². The van der Waals surface area contributed by atoms with Crippen molar-refractivity contribution >= 4 is 48.7 Å². The number of carbonyl (C=O) groups is 1. The molecule has 0 unspecified atom stereocenters. The lowest BCUT2D eigenvalue weighted by Crippen LogP contribution is -2.11. The Bertz CT molecular complexity index is 922. The number of hydrogen-bond donors (Lipinski definition) is 0. The van der Waals surface area contributed by atoms with Crippen molar-refractivity contribution in [1.29, 1.82) is 0 Å². The van der Waals surface area contributed by atoms with E-state index in [1.54, 1.807) is 10.7 Å². The van der Waals surface area contributed by atoms with Crippen LogP contribution in [0.5, 0.6) is 5.75 Å². The molecular weight excluding hydrogens is 440 g/mol. The Morgan fingerprint density at radius 1 is 1.25 bits per heavy atom. The Morgan fingerprint density at radius 3 is 2.71 bits per heavy atom. The summed E-state index contributed by atoms with van der Waals surface area (Å²) in [6.07, 6.45) is 0. The van der Waals surface area contributed by atoms with E-state index >= 15 is 0 Å². The molecule has 0 aliphatic heterocycles. The van der Waals surface area contributed by atoms with E-state index in [0.717, 1.165) is 21.1 Å². The number of esters is 1. The molecule has 0 bridgehead atoms. The minimum Gasteiger partial charge on any atom is -0.496 e. The molecule has 3 aromatic rings. The molecule has 0 saturated carbocycles. The minimum atomic E-state index is -0.471. The second kappa shape index (κ2) is 6.94. The third-order valence-electron chi connectivity index (χ3n) is 3.69. The van der Waals surface area contributed by atoms with Gasteiger partial charge in [-0.2, -0.15) is 5.10 Å². The molecule has 0 N–H and O–H groups in total. The van der Waals surface area contributed by atoms with E-state index in [4.69, 9.17) is 9.47 Å². The van der Waals surface area contributed by atoms with Crippen LogP contribution >= 0.6 is 31.9 Å². The molecule has 0 aliphatic rings. The van der Waals surface area contributed by atoms with E-state index in [1.165, 1.54) is 14.2 Å². The van der Waals surface area contributed by atoms with Gasteiger partial charge in [-0.3, -0.25) is 0 Å². The van der Waals surface area contributed by atoms with Gasteiger partial charge in [-0.1, -0.05) is 37.9 Å². The first-order valence-electron chi connectivity index (χ1n) is 7.09. The molecule has 1 aromatic heterocycles. The number of methoxy groups -OCH3 is 2. The maximum Gasteiger partial charge on any atom is 0.343 e. The standard InChI is InChI=1S/C17H14Br2N2O3/c1-23-15-5-3-4-13(16(15)17(22)24-2)21-14-8-10(19)6-7-11(14)12(9-18)20-21/h3-8H,9H2,1-2H3. The summed E-state index contributed by atoms with van der Waals surface area (Å²) in [5.74, 6) is -0.0279. The second-order valence-corrected chi connectivity index (χ2v) is 6.48. The molecule has 7 heteroatoms. The molecule has 0 fully saturated rings. The number of fused-ring (bicyclic) bond motifs is 1. The van der Waals surface area contributed by atoms with Crippen LogP contribution in [0.1, 0.15) is 16.1 Å². The van der Waals surface area contributed by atoms with Crippen molar-refractivity contribution in [3.05, 3.63) is 52.1 Å². The van der Waals surface area contributed by atoms with Gasteiger partial charge in [-0.05, 0) is 30.3 Å². The highest BCUT2D eigenvalue weighted by Gasteiger charge is 2.22. The molecule has 0 saturated heterocycles. The topological polar surface area (TPSA) is 53.4 Å². The molecule has 0 spiro atoms. The smallest absolute Gasteiger partial charge is 0.343 e. The monoisotopic (exact) mass is 452 g/mol. The van der Waals surface area contributed by atoms with Gasteiger partial charge < -0.3 is 9.47 Å². The number of aromatic nitrogens is 2. The number of rotatable bonds is 4. The molecule has 2 aromatic carbocycles. The predicted octanol–water partition coefficient (Wildman–Crippen LogP) is 4.48. The molecule has 1 heterocycles. The molecule has 3 rings (SSSR count). The number of benzene rings is 2. The van der Waals surface area contributed by atoms with Gasteiger partial charge in [0.05, 0.1) is 31.1 Å². The lowest BCUT2D eigenvalue weighted by atomic mass is 10.1. The number of hydrogen-bond acceptors (Lipinski definition) is 4. The van der Waals surface area contributed by atoms with Gasteiger partial charge in [0, 0.05) is 15.2 Å². The largest absolute Gasteiger partial charge is 0.496 e. The highest BCUT2D eigenvalue weighted by Crippen LogP contribution is 2.31. The van der Waals surface area contributed by atoms with E-state index in [2.05, 4.69) is 37.0 Å². The van der Waals surface area contributed by atoms with Crippen molar-refractivity contribution in [3.8, 4) is 11.4 Å². The van der Waals surface area contributed by atoms with E-state index in [9.17, 15) is 4.79 Å². The SMILES string of the molecule is COC(=O)c1c(OC)cccc1-n1nc(CBr)c2ccc(Br)cc21. The van der Waals surface area contributed by atoms with Crippen LogP contribution in [0.2, 0.25) is 0 Å². The summed E-state index contributed by atoms with van der Waals surface area (Å²) in [4.78, 5) is 12.3. The quantitative estimate of drug-likeness (QED) is 0.431. The first-order valence-corrected chi connectivity index (χ1v) is 9.01. The molecule has 0 atom stereocenters. The van der Waals surface area contributed by atoms with Crippen LogP contribution in [0.3, 0.4) is 0 Å². The summed E-state index contributed by atoms with van der Waals surface area (Å²) in [5.41, 5.74) is 2.72. The third-order valence-corrected chi connectivity index (χ3v) is 4.71. The zero-order valence-corrected chi connectivity index (χ0v) is 16.2. The zero-order valence-electron chi connectivity index (χ0n) is 13.0. The first-order chi connectivity index (χ1) is 11.6. The van der Waals surface area contributed by atoms with Crippen LogP contribution in [0, 0.1) is 0 Å². The summed E-state index contributed by atoms with van der Waals surface area (Å²) in [7, 11) is 2.87. The number of ether oxygens (including phenoxy) is 2. The zero-order chi connectivity index (χ0) is 17.3. The van der Waals surface area contributed by atoms with Crippen LogP contribution in [0.4, 0.5) is 0 Å². The van der Waals surface area contributed by atoms with Crippen molar-refractivity contribution in [1.82, 2.24) is 9.78 Å². The average Bonchev–Trinajstić information content (AvgIpc) is 2.97. The highest BCUT2D eigenvalue weighted by atomic mass is 79.9. The van der Waals surface area contributed by atoms with E-state index in [-0.39, 0.29) is 0 Å². The van der Waals surface area contributed by atoms with Crippen LogP contribution in [-0.2, 0) is 10.1 Å². The Hall–Kier alpha value is -1.86. The fourth-order valence-electron chi connectivity index (χ4n) is 2.61. The summed E-state index contributed by atoms with van der Waals surface area (Å²) in [6, 6.07) is 11.3. The average molecular weight is 454 g/mol. The lowest BCUT2D eigenvalue weighted by Gasteiger charge is -2.13. The molecule has 0 aliphatic carbocycles. The van der Waals surface area contributed by atoms with Gasteiger partial charge >= 0.3 is 5.97 Å². The molecule has 0 amide bonds. The van der Waals surface area contributed by atoms with Gasteiger partial charge in [-0.25, -0.2) is 9.48 Å². The maximum absolute atomic E-state index is 12.3. The van der Waals surface area contributed by atoms with Gasteiger partial charge in [0.15, 0.2) is 0 Å². The Labute approximate surface area is 155 Å². The minimum absolute atomic E-state index is 0.341. The first kappa shape index (κ1) is 17.0. The molecule has 24 heavy (non-hydrogen) atoms. The van der Waals surface area contributed by atoms with Crippen LogP contribution in [0.15, 0.2) is 40.9 Å². The third kappa shape index (κ3) is 2.82. The molecule has 5 nitrogen and oxygen atoms in total.